The third kappa shape index (κ3) is 7.50. The van der Waals surface area contributed by atoms with Crippen LogP contribution in [0.25, 0.3) is 0 Å². The van der Waals surface area contributed by atoms with Gasteiger partial charge in [0.1, 0.15) is 0 Å². The Bertz CT molecular complexity index is 118. The Kier molecular flexibility index (Phi) is 8.05. The molecule has 0 aromatic rings. The molecule has 3 N–H and O–H groups in total. The summed E-state index contributed by atoms with van der Waals surface area (Å²) in [6.45, 7) is 1.90. The number of methoxy groups -OCH3 is 1. The Hall–Kier alpha value is -0.610. The fourth-order valence-corrected chi connectivity index (χ4v) is 0.819. The van der Waals surface area contributed by atoms with Gasteiger partial charge in [0.05, 0.1) is 0 Å². The van der Waals surface area contributed by atoms with Gasteiger partial charge in [0, 0.05) is 33.2 Å². The Labute approximate surface area is 73.5 Å². The Balaban J connectivity index is 3.03. The number of ether oxygens (including phenoxy) is 1. The SMILES string of the molecule is COCCCCNC(=O)CCN. The van der Waals surface area contributed by atoms with Gasteiger partial charge in [-0.3, -0.25) is 4.79 Å². The smallest absolute Gasteiger partial charge is 0.221 e. The molecule has 0 aromatic carbocycles. The van der Waals surface area contributed by atoms with Crippen molar-refractivity contribution < 1.29 is 9.53 Å². The highest BCUT2D eigenvalue weighted by molar-refractivity contribution is 5.75. The summed E-state index contributed by atoms with van der Waals surface area (Å²) in [7, 11) is 1.67. The van der Waals surface area contributed by atoms with Gasteiger partial charge in [-0.2, -0.15) is 0 Å². The zero-order chi connectivity index (χ0) is 9.23. The summed E-state index contributed by atoms with van der Waals surface area (Å²) in [5.74, 6) is 0.0370. The first-order chi connectivity index (χ1) is 5.81. The van der Waals surface area contributed by atoms with Crippen LogP contribution in [0.3, 0.4) is 0 Å². The summed E-state index contributed by atoms with van der Waals surface area (Å²) in [5.41, 5.74) is 5.20. The molecular weight excluding hydrogens is 156 g/mol. The lowest BCUT2D eigenvalue weighted by Gasteiger charge is -2.03. The summed E-state index contributed by atoms with van der Waals surface area (Å²) in [5, 5.41) is 2.77. The van der Waals surface area contributed by atoms with E-state index in [1.54, 1.807) is 7.11 Å². The van der Waals surface area contributed by atoms with Gasteiger partial charge in [0.15, 0.2) is 0 Å². The summed E-state index contributed by atoms with van der Waals surface area (Å²) >= 11 is 0. The van der Waals surface area contributed by atoms with Crippen molar-refractivity contribution in [2.45, 2.75) is 19.3 Å². The van der Waals surface area contributed by atoms with Crippen LogP contribution in [0.2, 0.25) is 0 Å². The van der Waals surface area contributed by atoms with E-state index < -0.39 is 0 Å². The maximum atomic E-state index is 10.9. The van der Waals surface area contributed by atoms with E-state index in [0.29, 0.717) is 13.0 Å². The van der Waals surface area contributed by atoms with Crippen LogP contribution in [-0.2, 0) is 9.53 Å². The van der Waals surface area contributed by atoms with Crippen LogP contribution >= 0.6 is 0 Å². The second-order valence-corrected chi connectivity index (χ2v) is 2.59. The van der Waals surface area contributed by atoms with Crippen LogP contribution in [0.1, 0.15) is 19.3 Å². The van der Waals surface area contributed by atoms with E-state index in [4.69, 9.17) is 10.5 Å². The van der Waals surface area contributed by atoms with Gasteiger partial charge in [0.25, 0.3) is 0 Å². The molecule has 0 aromatic heterocycles. The minimum atomic E-state index is 0.0370. The zero-order valence-corrected chi connectivity index (χ0v) is 7.64. The zero-order valence-electron chi connectivity index (χ0n) is 7.64. The molecule has 0 aliphatic heterocycles. The van der Waals surface area contributed by atoms with Gasteiger partial charge in [-0.05, 0) is 12.8 Å². The quantitative estimate of drug-likeness (QED) is 0.529. The molecule has 0 radical (unpaired) electrons. The number of rotatable bonds is 7. The fraction of sp³-hybridized carbons (Fsp3) is 0.875. The molecule has 1 amide bonds. The highest BCUT2D eigenvalue weighted by atomic mass is 16.5. The van der Waals surface area contributed by atoms with Crippen LogP contribution < -0.4 is 11.1 Å². The first kappa shape index (κ1) is 11.4. The molecule has 4 heteroatoms. The summed E-state index contributed by atoms with van der Waals surface area (Å²) in [6, 6.07) is 0. The first-order valence-electron chi connectivity index (χ1n) is 4.27. The molecule has 72 valence electrons. The van der Waals surface area contributed by atoms with Crippen LogP contribution in [0.15, 0.2) is 0 Å². The fourth-order valence-electron chi connectivity index (χ4n) is 0.819. The van der Waals surface area contributed by atoms with Crippen LogP contribution in [0, 0.1) is 0 Å². The summed E-state index contributed by atoms with van der Waals surface area (Å²) in [4.78, 5) is 10.9. The average molecular weight is 174 g/mol. The van der Waals surface area contributed by atoms with Crippen molar-refractivity contribution in [1.82, 2.24) is 5.32 Å². The van der Waals surface area contributed by atoms with Crippen molar-refractivity contribution in [3.8, 4) is 0 Å². The van der Waals surface area contributed by atoms with E-state index in [2.05, 4.69) is 5.32 Å². The Morgan fingerprint density at radius 2 is 2.25 bits per heavy atom. The number of unbranched alkanes of at least 4 members (excludes halogenated alkanes) is 1. The number of carbonyl (C=O) groups is 1. The molecule has 0 rings (SSSR count). The Morgan fingerprint density at radius 1 is 1.50 bits per heavy atom. The van der Waals surface area contributed by atoms with Crippen molar-refractivity contribution in [3.05, 3.63) is 0 Å². The molecule has 0 spiro atoms. The van der Waals surface area contributed by atoms with Gasteiger partial charge >= 0.3 is 0 Å². The second-order valence-electron chi connectivity index (χ2n) is 2.59. The maximum Gasteiger partial charge on any atom is 0.221 e. The summed E-state index contributed by atoms with van der Waals surface area (Å²) < 4.78 is 4.86. The van der Waals surface area contributed by atoms with Gasteiger partial charge in [-0.1, -0.05) is 0 Å². The lowest BCUT2D eigenvalue weighted by atomic mass is 10.3. The third-order valence-electron chi connectivity index (χ3n) is 1.47. The molecule has 0 atom stereocenters. The molecule has 12 heavy (non-hydrogen) atoms. The number of hydrogen-bond donors (Lipinski definition) is 2. The predicted molar refractivity (Wildman–Crippen MR) is 47.8 cm³/mol. The lowest BCUT2D eigenvalue weighted by molar-refractivity contribution is -0.120. The van der Waals surface area contributed by atoms with E-state index in [9.17, 15) is 4.79 Å². The number of carbonyl (C=O) groups excluding carboxylic acids is 1. The Morgan fingerprint density at radius 3 is 2.83 bits per heavy atom. The first-order valence-corrected chi connectivity index (χ1v) is 4.27. The van der Waals surface area contributed by atoms with Gasteiger partial charge < -0.3 is 15.8 Å². The molecule has 0 bridgehead atoms. The van der Waals surface area contributed by atoms with Gasteiger partial charge in [-0.25, -0.2) is 0 Å². The van der Waals surface area contributed by atoms with Gasteiger partial charge in [-0.15, -0.1) is 0 Å². The average Bonchev–Trinajstić information content (AvgIpc) is 2.05. The van der Waals surface area contributed by atoms with Crippen molar-refractivity contribution in [1.29, 1.82) is 0 Å². The molecule has 0 fully saturated rings. The largest absolute Gasteiger partial charge is 0.385 e. The van der Waals surface area contributed by atoms with E-state index in [0.717, 1.165) is 26.0 Å². The minimum Gasteiger partial charge on any atom is -0.385 e. The number of nitrogens with one attached hydrogen (secondary N) is 1. The monoisotopic (exact) mass is 174 g/mol. The second kappa shape index (κ2) is 8.49. The van der Waals surface area contributed by atoms with E-state index in [1.807, 2.05) is 0 Å². The minimum absolute atomic E-state index is 0.0370. The molecule has 0 saturated heterocycles. The standard InChI is InChI=1S/C8H18N2O2/c1-12-7-3-2-6-10-8(11)4-5-9/h2-7,9H2,1H3,(H,10,11). The molecule has 0 aliphatic carbocycles. The highest BCUT2D eigenvalue weighted by Gasteiger charge is 1.96. The summed E-state index contributed by atoms with van der Waals surface area (Å²) in [6.07, 6.45) is 2.37. The third-order valence-corrected chi connectivity index (χ3v) is 1.47. The molecule has 4 nitrogen and oxygen atoms in total. The molecule has 0 saturated carbocycles. The highest BCUT2D eigenvalue weighted by Crippen LogP contribution is 1.87. The predicted octanol–water partition coefficient (Wildman–Crippen LogP) is -0.122. The van der Waals surface area contributed by atoms with E-state index in [1.165, 1.54) is 0 Å². The normalized spacial score (nSPS) is 9.83. The lowest BCUT2D eigenvalue weighted by Crippen LogP contribution is -2.26. The van der Waals surface area contributed by atoms with E-state index in [-0.39, 0.29) is 5.91 Å². The number of hydrogen-bond acceptors (Lipinski definition) is 3. The number of amides is 1. The maximum absolute atomic E-state index is 10.9. The molecule has 0 heterocycles. The van der Waals surface area contributed by atoms with Crippen molar-refractivity contribution >= 4 is 5.91 Å². The molecule has 0 aliphatic rings. The van der Waals surface area contributed by atoms with Crippen LogP contribution in [0.5, 0.6) is 0 Å². The van der Waals surface area contributed by atoms with Gasteiger partial charge in [0.2, 0.25) is 5.91 Å². The van der Waals surface area contributed by atoms with E-state index >= 15 is 0 Å². The topological polar surface area (TPSA) is 64.3 Å². The van der Waals surface area contributed by atoms with Crippen LogP contribution in [0.4, 0.5) is 0 Å². The van der Waals surface area contributed by atoms with Crippen LogP contribution in [-0.4, -0.2) is 32.7 Å². The van der Waals surface area contributed by atoms with Crippen molar-refractivity contribution in [3.63, 3.8) is 0 Å². The number of nitrogens with two attached hydrogens (primary N) is 1. The molecular formula is C8H18N2O2. The molecule has 0 unspecified atom stereocenters. The van der Waals surface area contributed by atoms with Crippen molar-refractivity contribution in [2.24, 2.45) is 5.73 Å². The van der Waals surface area contributed by atoms with Crippen molar-refractivity contribution in [2.75, 3.05) is 26.8 Å².